The highest BCUT2D eigenvalue weighted by atomic mass is 35.5. The van der Waals surface area contributed by atoms with E-state index in [0.717, 1.165) is 0 Å². The lowest BCUT2D eigenvalue weighted by Gasteiger charge is -2.23. The van der Waals surface area contributed by atoms with E-state index in [4.69, 9.17) is 90.7 Å². The molecule has 0 amide bonds. The van der Waals surface area contributed by atoms with Crippen molar-refractivity contribution in [3.63, 3.8) is 0 Å². The Kier molecular flexibility index (Phi) is 13.5. The van der Waals surface area contributed by atoms with E-state index in [1.54, 1.807) is 13.8 Å². The molecule has 0 saturated heterocycles. The molecule has 0 aromatic carbocycles. The Hall–Kier alpha value is 1.95. The molecule has 0 radical (unpaired) electrons. The highest BCUT2D eigenvalue weighted by Crippen LogP contribution is 2.23. The van der Waals surface area contributed by atoms with Gasteiger partial charge in [0, 0.05) is 0 Å². The van der Waals surface area contributed by atoms with Crippen LogP contribution in [0.4, 0.5) is 0 Å². The molecule has 2 nitrogen and oxygen atoms in total. The lowest BCUT2D eigenvalue weighted by atomic mass is 10.2. The third kappa shape index (κ3) is 10.4. The second-order valence-corrected chi connectivity index (χ2v) is 8.39. The summed E-state index contributed by atoms with van der Waals surface area (Å²) in [5, 5.41) is -2.02. The summed E-state index contributed by atoms with van der Waals surface area (Å²) in [6.07, 6.45) is 0.488. The highest BCUT2D eigenvalue weighted by molar-refractivity contribution is 6.35. The summed E-state index contributed by atoms with van der Waals surface area (Å²) in [6.45, 7) is 3.96. The van der Waals surface area contributed by atoms with Gasteiger partial charge in [-0.05, 0) is 20.3 Å². The van der Waals surface area contributed by atoms with Crippen LogP contribution in [0.2, 0.25) is 0 Å². The number of hydrogen-bond donors (Lipinski definition) is 0. The molecule has 21 heavy (non-hydrogen) atoms. The molecule has 7 atom stereocenters. The molecule has 0 rings (SSSR count). The van der Waals surface area contributed by atoms with Crippen LogP contribution in [-0.4, -0.2) is 51.2 Å². The second-order valence-electron chi connectivity index (χ2n) is 4.53. The summed E-state index contributed by atoms with van der Waals surface area (Å²) in [7, 11) is 0. The van der Waals surface area contributed by atoms with Gasteiger partial charge in [-0.15, -0.1) is 58.0 Å². The van der Waals surface area contributed by atoms with E-state index in [1.165, 1.54) is 0 Å². The number of ether oxygens (including phenoxy) is 2. The molecular weight excluding hydrogens is 424 g/mol. The molecule has 0 spiro atoms. The van der Waals surface area contributed by atoms with Gasteiger partial charge >= 0.3 is 0 Å². The zero-order chi connectivity index (χ0) is 16.6. The quantitative estimate of drug-likeness (QED) is 0.386. The summed E-state index contributed by atoms with van der Waals surface area (Å²) in [6, 6.07) is 0. The summed E-state index contributed by atoms with van der Waals surface area (Å²) in [4.78, 5) is 0. The van der Waals surface area contributed by atoms with Crippen LogP contribution in [0.1, 0.15) is 20.3 Å². The first-order valence-corrected chi connectivity index (χ1v) is 9.44. The Morgan fingerprint density at radius 3 is 1.67 bits per heavy atom. The van der Waals surface area contributed by atoms with Crippen molar-refractivity contribution in [2.45, 2.75) is 58.3 Å². The average molecular weight is 443 g/mol. The van der Waals surface area contributed by atoms with E-state index in [1.807, 2.05) is 0 Å². The zero-order valence-corrected chi connectivity index (χ0v) is 16.9. The average Bonchev–Trinajstić information content (AvgIpc) is 2.42. The molecule has 0 aromatic heterocycles. The fourth-order valence-electron chi connectivity index (χ4n) is 1.22. The minimum Gasteiger partial charge on any atom is -0.361 e. The van der Waals surface area contributed by atoms with E-state index in [9.17, 15) is 0 Å². The lowest BCUT2D eigenvalue weighted by molar-refractivity contribution is 0.0981. The highest BCUT2D eigenvalue weighted by Gasteiger charge is 2.26. The first kappa shape index (κ1) is 22.9. The fourth-order valence-corrected chi connectivity index (χ4v) is 2.31. The van der Waals surface area contributed by atoms with Gasteiger partial charge in [-0.25, -0.2) is 0 Å². The van der Waals surface area contributed by atoms with E-state index < -0.39 is 27.3 Å². The largest absolute Gasteiger partial charge is 0.361 e. The summed E-state index contributed by atoms with van der Waals surface area (Å²) < 4.78 is 10.6. The van der Waals surface area contributed by atoms with Crippen LogP contribution < -0.4 is 0 Å². The number of hydrogen-bond acceptors (Lipinski definition) is 2. The van der Waals surface area contributed by atoms with Gasteiger partial charge in [0.25, 0.3) is 0 Å². The first-order chi connectivity index (χ1) is 9.66. The fraction of sp³-hybridized carbons (Fsp3) is 1.00. The topological polar surface area (TPSA) is 18.5 Å². The van der Waals surface area contributed by atoms with Crippen molar-refractivity contribution in [2.75, 3.05) is 13.2 Å². The normalized spacial score (nSPS) is 22.1. The molecule has 0 aliphatic heterocycles. The predicted octanol–water partition coefficient (Wildman–Crippen LogP) is 5.62. The van der Waals surface area contributed by atoms with Gasteiger partial charge in [0.05, 0.1) is 40.1 Å². The summed E-state index contributed by atoms with van der Waals surface area (Å²) in [5.41, 5.74) is -1.20. The third-order valence-electron chi connectivity index (χ3n) is 2.50. The van der Waals surface area contributed by atoms with Gasteiger partial charge in [-0.1, -0.05) is 23.2 Å². The van der Waals surface area contributed by atoms with Crippen molar-refractivity contribution in [1.29, 1.82) is 0 Å². The molecule has 0 aromatic rings. The Labute approximate surface area is 161 Å². The summed E-state index contributed by atoms with van der Waals surface area (Å²) >= 11 is 41.8. The smallest absolute Gasteiger partial charge is 0.147 e. The molecule has 7 unspecified atom stereocenters. The van der Waals surface area contributed by atoms with Crippen LogP contribution in [0.25, 0.3) is 0 Å². The molecule has 0 aliphatic rings. The monoisotopic (exact) mass is 440 g/mol. The molecule has 0 fully saturated rings. The van der Waals surface area contributed by atoms with Crippen LogP contribution in [0.5, 0.6) is 0 Å². The van der Waals surface area contributed by atoms with Gasteiger partial charge in [-0.3, -0.25) is 0 Å². The van der Waals surface area contributed by atoms with E-state index >= 15 is 0 Å². The van der Waals surface area contributed by atoms with Gasteiger partial charge < -0.3 is 9.47 Å². The van der Waals surface area contributed by atoms with Crippen molar-refractivity contribution >= 4 is 81.2 Å². The zero-order valence-electron chi connectivity index (χ0n) is 11.6. The van der Waals surface area contributed by atoms with E-state index in [2.05, 4.69) is 0 Å². The second kappa shape index (κ2) is 12.3. The number of halogens is 7. The minimum atomic E-state index is -0.629. The van der Waals surface area contributed by atoms with Crippen LogP contribution in [0.3, 0.4) is 0 Å². The third-order valence-corrected chi connectivity index (χ3v) is 5.98. The Balaban J connectivity index is 3.99. The predicted molar refractivity (Wildman–Crippen MR) is 95.4 cm³/mol. The first-order valence-electron chi connectivity index (χ1n) is 6.38. The molecule has 0 saturated carbocycles. The van der Waals surface area contributed by atoms with E-state index in [0.29, 0.717) is 13.0 Å². The van der Waals surface area contributed by atoms with Crippen molar-refractivity contribution in [1.82, 2.24) is 0 Å². The molecule has 9 heteroatoms. The van der Waals surface area contributed by atoms with Crippen LogP contribution in [0, 0.1) is 0 Å². The van der Waals surface area contributed by atoms with Crippen molar-refractivity contribution in [3.05, 3.63) is 0 Å². The maximum atomic E-state index is 6.19. The molecular formula is C12H19Cl7O2. The Bertz CT molecular complexity index is 268. The van der Waals surface area contributed by atoms with E-state index in [-0.39, 0.29) is 17.4 Å². The Morgan fingerprint density at radius 1 is 0.714 bits per heavy atom. The molecule has 0 N–H and O–H groups in total. The van der Waals surface area contributed by atoms with Gasteiger partial charge in [0.15, 0.2) is 0 Å². The summed E-state index contributed by atoms with van der Waals surface area (Å²) in [5.74, 6) is 0. The molecule has 128 valence electrons. The maximum Gasteiger partial charge on any atom is 0.147 e. The van der Waals surface area contributed by atoms with Gasteiger partial charge in [-0.2, -0.15) is 0 Å². The lowest BCUT2D eigenvalue weighted by Crippen LogP contribution is -2.32. The van der Waals surface area contributed by atoms with Crippen molar-refractivity contribution in [2.24, 2.45) is 0 Å². The number of rotatable bonds is 11. The number of alkyl halides is 7. The maximum absolute atomic E-state index is 6.19. The minimum absolute atomic E-state index is 0.155. The van der Waals surface area contributed by atoms with Crippen LogP contribution in [-0.2, 0) is 9.47 Å². The standard InChI is InChI=1S/C12H19Cl7O2/c1-6(13)11(18)20-4-3-8(15)10(17)9(16)5-21-12(19)7(2)14/h6-12H,3-5H2,1-2H3. The van der Waals surface area contributed by atoms with Crippen LogP contribution in [0.15, 0.2) is 0 Å². The molecule has 0 aliphatic carbocycles. The molecule has 0 heterocycles. The van der Waals surface area contributed by atoms with Crippen LogP contribution >= 0.6 is 81.2 Å². The van der Waals surface area contributed by atoms with Crippen molar-refractivity contribution in [3.8, 4) is 0 Å². The molecule has 0 bridgehead atoms. The van der Waals surface area contributed by atoms with Crippen molar-refractivity contribution < 1.29 is 9.47 Å². The SMILES string of the molecule is CC(Cl)C(Cl)OCCC(Cl)C(Cl)C(Cl)COC(Cl)C(C)Cl. The van der Waals surface area contributed by atoms with Gasteiger partial charge in [0.1, 0.15) is 11.1 Å². The Morgan fingerprint density at radius 2 is 1.19 bits per heavy atom. The van der Waals surface area contributed by atoms with Gasteiger partial charge in [0.2, 0.25) is 0 Å².